The smallest absolute Gasteiger partial charge is 0.417 e. The summed E-state index contributed by atoms with van der Waals surface area (Å²) in [5, 5.41) is 11.9. The molecule has 1 saturated carbocycles. The average molecular weight is 418 g/mol. The number of carbonyl (C=O) groups is 1. The van der Waals surface area contributed by atoms with Gasteiger partial charge in [0.2, 0.25) is 0 Å². The van der Waals surface area contributed by atoms with E-state index in [1.54, 1.807) is 6.07 Å². The summed E-state index contributed by atoms with van der Waals surface area (Å²) in [6.07, 6.45) is -1.00. The molecule has 0 aliphatic heterocycles. The molecule has 1 aromatic heterocycles. The van der Waals surface area contributed by atoms with Gasteiger partial charge in [-0.2, -0.15) is 18.4 Å². The van der Waals surface area contributed by atoms with Crippen molar-refractivity contribution in [2.75, 3.05) is 0 Å². The molecule has 158 valence electrons. The summed E-state index contributed by atoms with van der Waals surface area (Å²) in [5.74, 6) is -0.313. The molecule has 1 amide bonds. The zero-order valence-electron chi connectivity index (χ0n) is 16.9. The molecule has 0 atom stereocenters. The van der Waals surface area contributed by atoms with Gasteiger partial charge in [0.25, 0.3) is 5.91 Å². The van der Waals surface area contributed by atoms with Crippen LogP contribution < -0.4 is 10.1 Å². The minimum Gasteiger partial charge on any atom is -0.489 e. The van der Waals surface area contributed by atoms with Gasteiger partial charge in [-0.05, 0) is 18.2 Å². The summed E-state index contributed by atoms with van der Waals surface area (Å²) in [6, 6.07) is 4.55. The lowest BCUT2D eigenvalue weighted by Crippen LogP contribution is -2.74. The molecule has 9 heteroatoms. The lowest BCUT2D eigenvalue weighted by Gasteiger charge is -2.63. The number of amides is 1. The van der Waals surface area contributed by atoms with Crippen LogP contribution in [0.4, 0.5) is 13.2 Å². The van der Waals surface area contributed by atoms with Gasteiger partial charge in [0.05, 0.1) is 22.8 Å². The molecule has 1 aliphatic rings. The zero-order chi connectivity index (χ0) is 22.3. The first kappa shape index (κ1) is 21.6. The number of rotatable bonds is 4. The maximum absolute atomic E-state index is 13.3. The summed E-state index contributed by atoms with van der Waals surface area (Å²) in [6.45, 7) is 7.51. The summed E-state index contributed by atoms with van der Waals surface area (Å²) in [7, 11) is 0. The Bertz CT molecular complexity index is 982. The molecule has 0 bridgehead atoms. The van der Waals surface area contributed by atoms with Crippen molar-refractivity contribution >= 4 is 5.91 Å². The number of nitriles is 1. The zero-order valence-corrected chi connectivity index (χ0v) is 16.9. The van der Waals surface area contributed by atoms with Crippen LogP contribution in [-0.2, 0) is 6.18 Å². The van der Waals surface area contributed by atoms with E-state index >= 15 is 0 Å². The molecule has 0 saturated heterocycles. The SMILES string of the molecule is CC1(C)C(NC(=O)c2cncnc2)C(C)(C)C1Oc1ccc(C#N)c(C(F)(F)F)c1. The standard InChI is InChI=1S/C21H21F3N4O2/c1-19(2)17(28-16(29)13-9-26-11-27-10-13)20(3,4)18(19)30-14-6-5-12(8-25)15(7-14)21(22,23)24/h5-7,9-11,17-18H,1-4H3,(H,28,29). The number of aromatic nitrogens is 2. The van der Waals surface area contributed by atoms with Gasteiger partial charge in [0.1, 0.15) is 18.2 Å². The summed E-state index contributed by atoms with van der Waals surface area (Å²) >= 11 is 0. The highest BCUT2D eigenvalue weighted by atomic mass is 19.4. The van der Waals surface area contributed by atoms with Crippen LogP contribution in [0.1, 0.15) is 49.2 Å². The fourth-order valence-corrected chi connectivity index (χ4v) is 4.50. The normalized spacial score (nSPS) is 21.8. The number of ether oxygens (including phenoxy) is 1. The number of alkyl halides is 3. The maximum Gasteiger partial charge on any atom is 0.417 e. The second-order valence-corrected chi connectivity index (χ2v) is 8.49. The monoisotopic (exact) mass is 418 g/mol. The largest absolute Gasteiger partial charge is 0.489 e. The van der Waals surface area contributed by atoms with E-state index in [1.807, 2.05) is 27.7 Å². The van der Waals surface area contributed by atoms with Crippen molar-refractivity contribution in [1.29, 1.82) is 5.26 Å². The first-order chi connectivity index (χ1) is 13.9. The molecule has 1 aromatic carbocycles. The quantitative estimate of drug-likeness (QED) is 0.812. The third-order valence-corrected chi connectivity index (χ3v) is 5.61. The van der Waals surface area contributed by atoms with Gasteiger partial charge in [-0.3, -0.25) is 4.79 Å². The molecule has 30 heavy (non-hydrogen) atoms. The van der Waals surface area contributed by atoms with E-state index in [4.69, 9.17) is 10.00 Å². The van der Waals surface area contributed by atoms with Crippen LogP contribution in [0, 0.1) is 22.2 Å². The highest BCUT2D eigenvalue weighted by Crippen LogP contribution is 2.55. The molecule has 6 nitrogen and oxygen atoms in total. The minimum absolute atomic E-state index is 0.0220. The van der Waals surface area contributed by atoms with Crippen LogP contribution >= 0.6 is 0 Å². The van der Waals surface area contributed by atoms with E-state index in [2.05, 4.69) is 15.3 Å². The Morgan fingerprint density at radius 2 is 1.77 bits per heavy atom. The van der Waals surface area contributed by atoms with E-state index in [0.29, 0.717) is 5.56 Å². The minimum atomic E-state index is -4.66. The fourth-order valence-electron chi connectivity index (χ4n) is 4.50. The molecule has 1 fully saturated rings. The number of halogens is 3. The topological polar surface area (TPSA) is 87.9 Å². The number of benzene rings is 1. The van der Waals surface area contributed by atoms with Gasteiger partial charge >= 0.3 is 6.18 Å². The van der Waals surface area contributed by atoms with Crippen LogP contribution in [0.15, 0.2) is 36.9 Å². The molecule has 0 spiro atoms. The van der Waals surface area contributed by atoms with Crippen LogP contribution in [0.25, 0.3) is 0 Å². The van der Waals surface area contributed by atoms with Gasteiger partial charge in [-0.25, -0.2) is 9.97 Å². The van der Waals surface area contributed by atoms with Crippen molar-refractivity contribution in [3.05, 3.63) is 53.6 Å². The number of hydrogen-bond acceptors (Lipinski definition) is 5. The number of hydrogen-bond donors (Lipinski definition) is 1. The Morgan fingerprint density at radius 3 is 2.30 bits per heavy atom. The Balaban J connectivity index is 1.82. The second-order valence-electron chi connectivity index (χ2n) is 8.49. The Morgan fingerprint density at radius 1 is 1.17 bits per heavy atom. The van der Waals surface area contributed by atoms with E-state index in [0.717, 1.165) is 12.1 Å². The highest BCUT2D eigenvalue weighted by Gasteiger charge is 2.64. The average Bonchev–Trinajstić information content (AvgIpc) is 2.69. The van der Waals surface area contributed by atoms with E-state index < -0.39 is 34.2 Å². The van der Waals surface area contributed by atoms with Crippen molar-refractivity contribution in [2.45, 2.75) is 46.0 Å². The predicted molar refractivity (Wildman–Crippen MR) is 101 cm³/mol. The number of nitrogens with zero attached hydrogens (tertiary/aromatic N) is 3. The molecular weight excluding hydrogens is 397 g/mol. The van der Waals surface area contributed by atoms with Crippen LogP contribution in [0.5, 0.6) is 5.75 Å². The Hall–Kier alpha value is -3.15. The van der Waals surface area contributed by atoms with E-state index in [9.17, 15) is 18.0 Å². The predicted octanol–water partition coefficient (Wildman–Crippen LogP) is 3.98. The van der Waals surface area contributed by atoms with Crippen molar-refractivity contribution < 1.29 is 22.7 Å². The maximum atomic E-state index is 13.3. The van der Waals surface area contributed by atoms with Crippen LogP contribution in [-0.4, -0.2) is 28.0 Å². The lowest BCUT2D eigenvalue weighted by molar-refractivity contribution is -0.164. The molecule has 2 aromatic rings. The Kier molecular flexibility index (Phi) is 5.23. The molecule has 1 N–H and O–H groups in total. The molecule has 1 heterocycles. The van der Waals surface area contributed by atoms with Crippen molar-refractivity contribution in [1.82, 2.24) is 15.3 Å². The van der Waals surface area contributed by atoms with Crippen LogP contribution in [0.3, 0.4) is 0 Å². The molecule has 0 unspecified atom stereocenters. The van der Waals surface area contributed by atoms with E-state index in [1.165, 1.54) is 24.8 Å². The summed E-state index contributed by atoms with van der Waals surface area (Å²) < 4.78 is 45.7. The fraction of sp³-hybridized carbons (Fsp3) is 0.429. The van der Waals surface area contributed by atoms with Gasteiger partial charge in [0, 0.05) is 29.3 Å². The summed E-state index contributed by atoms with van der Waals surface area (Å²) in [5.41, 5.74) is -2.32. The first-order valence-corrected chi connectivity index (χ1v) is 9.23. The van der Waals surface area contributed by atoms with Gasteiger partial charge in [-0.15, -0.1) is 0 Å². The Labute approximate surface area is 172 Å². The molecule has 0 radical (unpaired) electrons. The van der Waals surface area contributed by atoms with Gasteiger partial charge in [-0.1, -0.05) is 27.7 Å². The molecule has 3 rings (SSSR count). The van der Waals surface area contributed by atoms with Gasteiger partial charge in [0.15, 0.2) is 0 Å². The third-order valence-electron chi connectivity index (χ3n) is 5.61. The second kappa shape index (κ2) is 7.27. The number of nitrogens with one attached hydrogen (secondary N) is 1. The van der Waals surface area contributed by atoms with Gasteiger partial charge < -0.3 is 10.1 Å². The number of carbonyl (C=O) groups excluding carboxylic acids is 1. The van der Waals surface area contributed by atoms with Crippen LogP contribution in [0.2, 0.25) is 0 Å². The first-order valence-electron chi connectivity index (χ1n) is 9.23. The molecule has 1 aliphatic carbocycles. The van der Waals surface area contributed by atoms with Crippen molar-refractivity contribution in [2.24, 2.45) is 10.8 Å². The third kappa shape index (κ3) is 3.70. The van der Waals surface area contributed by atoms with Crippen molar-refractivity contribution in [3.8, 4) is 11.8 Å². The lowest BCUT2D eigenvalue weighted by atomic mass is 9.49. The molecular formula is C21H21F3N4O2. The van der Waals surface area contributed by atoms with Crippen molar-refractivity contribution in [3.63, 3.8) is 0 Å². The highest BCUT2D eigenvalue weighted by molar-refractivity contribution is 5.94. The van der Waals surface area contributed by atoms with E-state index in [-0.39, 0.29) is 17.7 Å². The summed E-state index contributed by atoms with van der Waals surface area (Å²) in [4.78, 5) is 20.2.